The molecule has 2 aliphatic rings. The van der Waals surface area contributed by atoms with E-state index in [1.54, 1.807) is 44.6 Å². The van der Waals surface area contributed by atoms with Gasteiger partial charge in [-0.25, -0.2) is 0 Å². The minimum Gasteiger partial charge on any atom is -0.493 e. The van der Waals surface area contributed by atoms with Crippen molar-refractivity contribution in [2.75, 3.05) is 45.7 Å². The third kappa shape index (κ3) is 5.47. The molecule has 1 unspecified atom stereocenters. The van der Waals surface area contributed by atoms with E-state index in [0.717, 1.165) is 25.7 Å². The van der Waals surface area contributed by atoms with E-state index in [-0.39, 0.29) is 17.9 Å². The molecule has 1 saturated carbocycles. The number of hydrogen-bond acceptors (Lipinski definition) is 5. The zero-order chi connectivity index (χ0) is 24.1. The molecule has 1 aliphatic carbocycles. The van der Waals surface area contributed by atoms with Crippen LogP contribution in [-0.4, -0.2) is 68.1 Å². The summed E-state index contributed by atoms with van der Waals surface area (Å²) >= 11 is 6.10. The second-order valence-electron chi connectivity index (χ2n) is 8.89. The molecule has 2 aromatic carbocycles. The Bertz CT molecular complexity index is 1020. The van der Waals surface area contributed by atoms with E-state index in [2.05, 4.69) is 10.2 Å². The molecule has 0 bridgehead atoms. The lowest BCUT2D eigenvalue weighted by Gasteiger charge is -2.40. The van der Waals surface area contributed by atoms with Crippen LogP contribution in [0.25, 0.3) is 0 Å². The molecule has 2 amide bonds. The third-order valence-corrected chi connectivity index (χ3v) is 7.07. The first-order valence-corrected chi connectivity index (χ1v) is 12.2. The van der Waals surface area contributed by atoms with Crippen LogP contribution in [0.4, 0.5) is 5.69 Å². The van der Waals surface area contributed by atoms with E-state index in [1.807, 2.05) is 17.0 Å². The molecule has 0 spiro atoms. The van der Waals surface area contributed by atoms with Crippen LogP contribution in [0.2, 0.25) is 5.02 Å². The van der Waals surface area contributed by atoms with Crippen molar-refractivity contribution < 1.29 is 19.1 Å². The summed E-state index contributed by atoms with van der Waals surface area (Å²) in [5.41, 5.74) is 1.28. The number of piperazine rings is 1. The molecular weight excluding hydrogens is 454 g/mol. The normalized spacial score (nSPS) is 17.9. The molecule has 7 nitrogen and oxygen atoms in total. The summed E-state index contributed by atoms with van der Waals surface area (Å²) < 4.78 is 10.6. The van der Waals surface area contributed by atoms with E-state index in [4.69, 9.17) is 21.1 Å². The summed E-state index contributed by atoms with van der Waals surface area (Å²) in [6, 6.07) is 12.3. The largest absolute Gasteiger partial charge is 0.493 e. The Kier molecular flexibility index (Phi) is 7.95. The molecule has 182 valence electrons. The number of nitrogens with one attached hydrogen (secondary N) is 1. The Balaban J connectivity index is 1.43. The van der Waals surface area contributed by atoms with Gasteiger partial charge in [0.15, 0.2) is 11.5 Å². The minimum absolute atomic E-state index is 0.00818. The molecule has 0 aromatic heterocycles. The molecule has 1 atom stereocenters. The smallest absolute Gasteiger partial charge is 0.254 e. The number of carbonyl (C=O) groups is 2. The average Bonchev–Trinajstić information content (AvgIpc) is 3.38. The molecule has 1 heterocycles. The van der Waals surface area contributed by atoms with Crippen molar-refractivity contribution in [3.05, 3.63) is 53.1 Å². The lowest BCUT2D eigenvalue weighted by Crippen LogP contribution is -2.56. The molecule has 1 saturated heterocycles. The lowest BCUT2D eigenvalue weighted by molar-refractivity contribution is -0.123. The van der Waals surface area contributed by atoms with Crippen molar-refractivity contribution in [3.63, 3.8) is 0 Å². The van der Waals surface area contributed by atoms with Crippen molar-refractivity contribution >= 4 is 29.1 Å². The highest BCUT2D eigenvalue weighted by molar-refractivity contribution is 6.30. The predicted octanol–water partition coefficient (Wildman–Crippen LogP) is 4.31. The van der Waals surface area contributed by atoms with Gasteiger partial charge in [-0.3, -0.25) is 14.5 Å². The monoisotopic (exact) mass is 485 g/mol. The summed E-state index contributed by atoms with van der Waals surface area (Å²) in [5, 5.41) is 3.66. The van der Waals surface area contributed by atoms with Crippen molar-refractivity contribution in [2.24, 2.45) is 5.92 Å². The number of halogens is 1. The number of amides is 2. The fourth-order valence-electron chi connectivity index (χ4n) is 5.09. The molecular formula is C26H32ClN3O4. The van der Waals surface area contributed by atoms with Crippen LogP contribution in [0.15, 0.2) is 42.5 Å². The summed E-state index contributed by atoms with van der Waals surface area (Å²) in [5.74, 6) is 1.42. The second-order valence-corrected chi connectivity index (χ2v) is 9.32. The van der Waals surface area contributed by atoms with Crippen LogP contribution in [0.5, 0.6) is 11.5 Å². The fraction of sp³-hybridized carbons (Fsp3) is 0.462. The predicted molar refractivity (Wildman–Crippen MR) is 133 cm³/mol. The highest BCUT2D eigenvalue weighted by Gasteiger charge is 2.37. The molecule has 2 fully saturated rings. The van der Waals surface area contributed by atoms with E-state index >= 15 is 0 Å². The van der Waals surface area contributed by atoms with Crippen LogP contribution in [0, 0.1) is 5.92 Å². The van der Waals surface area contributed by atoms with Gasteiger partial charge in [0.1, 0.15) is 0 Å². The highest BCUT2D eigenvalue weighted by Crippen LogP contribution is 2.32. The summed E-state index contributed by atoms with van der Waals surface area (Å²) in [6.07, 6.45) is 4.42. The van der Waals surface area contributed by atoms with E-state index < -0.39 is 0 Å². The zero-order valence-electron chi connectivity index (χ0n) is 19.8. The number of benzene rings is 2. The Labute approximate surface area is 206 Å². The fourth-order valence-corrected chi connectivity index (χ4v) is 5.28. The number of methoxy groups -OCH3 is 2. The van der Waals surface area contributed by atoms with Crippen LogP contribution in [-0.2, 0) is 4.79 Å². The first kappa shape index (κ1) is 24.4. The number of carbonyl (C=O) groups excluding carboxylic acids is 2. The Hall–Kier alpha value is -2.77. The average molecular weight is 486 g/mol. The molecule has 4 rings (SSSR count). The molecule has 2 aromatic rings. The quantitative estimate of drug-likeness (QED) is 0.632. The summed E-state index contributed by atoms with van der Waals surface area (Å²) in [4.78, 5) is 30.6. The standard InChI is InChI=1S/C26H32ClN3O4/c1-33-22-11-10-19(16-23(22)34-2)26(32)30-14-12-29(13-15-30)24(18-6-3-4-7-18)25(31)28-21-9-5-8-20(27)17-21/h5,8-11,16-18,24H,3-4,6-7,12-15H2,1-2H3,(H,28,31). The number of hydrogen-bond donors (Lipinski definition) is 1. The minimum atomic E-state index is -0.209. The molecule has 1 aliphatic heterocycles. The molecule has 8 heteroatoms. The SMILES string of the molecule is COc1ccc(C(=O)N2CCN(C(C(=O)Nc3cccc(Cl)c3)C3CCCC3)CC2)cc1OC. The third-order valence-electron chi connectivity index (χ3n) is 6.83. The maximum Gasteiger partial charge on any atom is 0.254 e. The van der Waals surface area contributed by atoms with Gasteiger partial charge >= 0.3 is 0 Å². The van der Waals surface area contributed by atoms with Crippen LogP contribution in [0.3, 0.4) is 0 Å². The first-order chi connectivity index (χ1) is 16.5. The number of ether oxygens (including phenoxy) is 2. The molecule has 34 heavy (non-hydrogen) atoms. The van der Waals surface area contributed by atoms with Gasteiger partial charge < -0.3 is 19.7 Å². The van der Waals surface area contributed by atoms with E-state index in [1.165, 1.54) is 0 Å². The van der Waals surface area contributed by atoms with Gasteiger partial charge in [-0.05, 0) is 55.2 Å². The van der Waals surface area contributed by atoms with Gasteiger partial charge in [-0.15, -0.1) is 0 Å². The number of rotatable bonds is 7. The summed E-state index contributed by atoms with van der Waals surface area (Å²) in [7, 11) is 3.13. The van der Waals surface area contributed by atoms with Gasteiger partial charge in [0.25, 0.3) is 5.91 Å². The van der Waals surface area contributed by atoms with Gasteiger partial charge in [0.2, 0.25) is 5.91 Å². The van der Waals surface area contributed by atoms with Gasteiger partial charge in [0.05, 0.1) is 20.3 Å². The van der Waals surface area contributed by atoms with E-state index in [0.29, 0.717) is 59.9 Å². The topological polar surface area (TPSA) is 71.1 Å². The van der Waals surface area contributed by atoms with Gasteiger partial charge in [0, 0.05) is 42.5 Å². The number of anilines is 1. The first-order valence-electron chi connectivity index (χ1n) is 11.8. The Morgan fingerprint density at radius 3 is 2.32 bits per heavy atom. The van der Waals surface area contributed by atoms with Gasteiger partial charge in [-0.2, -0.15) is 0 Å². The van der Waals surface area contributed by atoms with Crippen LogP contribution in [0.1, 0.15) is 36.0 Å². The highest BCUT2D eigenvalue weighted by atomic mass is 35.5. The second kappa shape index (κ2) is 11.1. The maximum absolute atomic E-state index is 13.4. The zero-order valence-corrected chi connectivity index (χ0v) is 20.5. The molecule has 1 N–H and O–H groups in total. The molecule has 0 radical (unpaired) electrons. The van der Waals surface area contributed by atoms with Gasteiger partial charge in [-0.1, -0.05) is 30.5 Å². The lowest BCUT2D eigenvalue weighted by atomic mass is 9.94. The van der Waals surface area contributed by atoms with Crippen molar-refractivity contribution in [2.45, 2.75) is 31.7 Å². The maximum atomic E-state index is 13.4. The summed E-state index contributed by atoms with van der Waals surface area (Å²) in [6.45, 7) is 2.45. The van der Waals surface area contributed by atoms with Crippen LogP contribution < -0.4 is 14.8 Å². The Morgan fingerprint density at radius 2 is 1.68 bits per heavy atom. The van der Waals surface area contributed by atoms with Crippen LogP contribution >= 0.6 is 11.6 Å². The van der Waals surface area contributed by atoms with E-state index in [9.17, 15) is 9.59 Å². The van der Waals surface area contributed by atoms with Crippen molar-refractivity contribution in [1.29, 1.82) is 0 Å². The van der Waals surface area contributed by atoms with Crippen molar-refractivity contribution in [3.8, 4) is 11.5 Å². The van der Waals surface area contributed by atoms with Crippen molar-refractivity contribution in [1.82, 2.24) is 9.80 Å². The Morgan fingerprint density at radius 1 is 0.971 bits per heavy atom. The number of nitrogens with zero attached hydrogens (tertiary/aromatic N) is 2.